The highest BCUT2D eigenvalue weighted by Gasteiger charge is 2.15. The highest BCUT2D eigenvalue weighted by atomic mass is 35.5. The van der Waals surface area contributed by atoms with Crippen LogP contribution < -0.4 is 10.2 Å². The normalized spacial score (nSPS) is 14.9. The molecule has 4 rings (SSSR count). The number of rotatable bonds is 4. The second-order valence-electron chi connectivity index (χ2n) is 7.41. The molecule has 30 heavy (non-hydrogen) atoms. The quantitative estimate of drug-likeness (QED) is 0.684. The Morgan fingerprint density at radius 2 is 1.93 bits per heavy atom. The minimum absolute atomic E-state index is 0.209. The fourth-order valence-electron chi connectivity index (χ4n) is 3.51. The molecule has 154 valence electrons. The molecule has 0 aliphatic carbocycles. The Labute approximate surface area is 181 Å². The molecule has 0 atom stereocenters. The van der Waals surface area contributed by atoms with Gasteiger partial charge in [-0.2, -0.15) is 0 Å². The van der Waals surface area contributed by atoms with Crippen molar-refractivity contribution in [3.63, 3.8) is 0 Å². The third kappa shape index (κ3) is 4.78. The van der Waals surface area contributed by atoms with E-state index in [0.717, 1.165) is 49.7 Å². The lowest BCUT2D eigenvalue weighted by molar-refractivity contribution is 0.102. The van der Waals surface area contributed by atoms with Crippen LogP contribution in [0.5, 0.6) is 0 Å². The Balaban J connectivity index is 1.46. The van der Waals surface area contributed by atoms with Gasteiger partial charge < -0.3 is 15.1 Å². The highest BCUT2D eigenvalue weighted by Crippen LogP contribution is 2.29. The summed E-state index contributed by atoms with van der Waals surface area (Å²) in [5.74, 6) is 0.699. The molecule has 7 heteroatoms. The van der Waals surface area contributed by atoms with Crippen LogP contribution in [0.1, 0.15) is 16.8 Å². The van der Waals surface area contributed by atoms with E-state index in [0.29, 0.717) is 16.3 Å². The van der Waals surface area contributed by atoms with Gasteiger partial charge in [-0.3, -0.25) is 9.78 Å². The van der Waals surface area contributed by atoms with Gasteiger partial charge in [-0.15, -0.1) is 0 Å². The zero-order valence-corrected chi connectivity index (χ0v) is 17.6. The Morgan fingerprint density at radius 1 is 1.03 bits per heavy atom. The molecule has 1 aromatic carbocycles. The number of anilines is 2. The SMILES string of the molecule is CN1CCCN(c2ccc(C(=O)Nc3ccc(Cl)c(-c4ccccn4)c3)cn2)CC1. The van der Waals surface area contributed by atoms with Gasteiger partial charge in [0.05, 0.1) is 16.3 Å². The van der Waals surface area contributed by atoms with Crippen LogP contribution in [0.25, 0.3) is 11.3 Å². The maximum atomic E-state index is 12.7. The summed E-state index contributed by atoms with van der Waals surface area (Å²) in [6.07, 6.45) is 4.46. The lowest BCUT2D eigenvalue weighted by Crippen LogP contribution is -2.29. The number of hydrogen-bond donors (Lipinski definition) is 1. The van der Waals surface area contributed by atoms with E-state index in [-0.39, 0.29) is 5.91 Å². The van der Waals surface area contributed by atoms with E-state index in [4.69, 9.17) is 11.6 Å². The minimum Gasteiger partial charge on any atom is -0.355 e. The molecule has 3 aromatic rings. The molecule has 0 radical (unpaired) electrons. The Bertz CT molecular complexity index is 1010. The van der Waals surface area contributed by atoms with Gasteiger partial charge in [-0.05, 0) is 62.5 Å². The fourth-order valence-corrected chi connectivity index (χ4v) is 3.72. The number of carbonyl (C=O) groups is 1. The number of hydrogen-bond acceptors (Lipinski definition) is 5. The largest absolute Gasteiger partial charge is 0.355 e. The van der Waals surface area contributed by atoms with Gasteiger partial charge in [0.1, 0.15) is 5.82 Å². The molecule has 1 aliphatic heterocycles. The number of halogens is 1. The molecule has 0 unspecified atom stereocenters. The maximum Gasteiger partial charge on any atom is 0.257 e. The lowest BCUT2D eigenvalue weighted by atomic mass is 10.1. The van der Waals surface area contributed by atoms with E-state index in [1.165, 1.54) is 0 Å². The van der Waals surface area contributed by atoms with Crippen molar-refractivity contribution in [1.29, 1.82) is 0 Å². The molecule has 1 saturated heterocycles. The van der Waals surface area contributed by atoms with Crippen molar-refractivity contribution in [2.45, 2.75) is 6.42 Å². The third-order valence-electron chi connectivity index (χ3n) is 5.22. The smallest absolute Gasteiger partial charge is 0.257 e. The minimum atomic E-state index is -0.209. The summed E-state index contributed by atoms with van der Waals surface area (Å²) in [4.78, 5) is 26.2. The van der Waals surface area contributed by atoms with Gasteiger partial charge >= 0.3 is 0 Å². The van der Waals surface area contributed by atoms with Crippen LogP contribution in [0.2, 0.25) is 5.02 Å². The molecular formula is C23H24ClN5O. The summed E-state index contributed by atoms with van der Waals surface area (Å²) >= 11 is 6.33. The first kappa shape index (κ1) is 20.3. The van der Waals surface area contributed by atoms with E-state index in [1.807, 2.05) is 36.4 Å². The van der Waals surface area contributed by atoms with Crippen LogP contribution in [-0.2, 0) is 0 Å². The first-order valence-electron chi connectivity index (χ1n) is 10.0. The average Bonchev–Trinajstić information content (AvgIpc) is 3.00. The second kappa shape index (κ2) is 9.24. The molecule has 1 N–H and O–H groups in total. The summed E-state index contributed by atoms with van der Waals surface area (Å²) in [6.45, 7) is 4.03. The molecule has 0 bridgehead atoms. The monoisotopic (exact) mass is 421 g/mol. The van der Waals surface area contributed by atoms with Gasteiger partial charge in [0.25, 0.3) is 5.91 Å². The van der Waals surface area contributed by atoms with Crippen molar-refractivity contribution in [3.8, 4) is 11.3 Å². The lowest BCUT2D eigenvalue weighted by Gasteiger charge is -2.21. The summed E-state index contributed by atoms with van der Waals surface area (Å²) < 4.78 is 0. The summed E-state index contributed by atoms with van der Waals surface area (Å²) in [5, 5.41) is 3.51. The van der Waals surface area contributed by atoms with Crippen LogP contribution in [0, 0.1) is 0 Å². The number of amides is 1. The molecular weight excluding hydrogens is 398 g/mol. The zero-order chi connectivity index (χ0) is 20.9. The number of carbonyl (C=O) groups excluding carboxylic acids is 1. The molecule has 1 aliphatic rings. The number of likely N-dealkylation sites (N-methyl/N-ethyl adjacent to an activating group) is 1. The predicted molar refractivity (Wildman–Crippen MR) is 121 cm³/mol. The number of pyridine rings is 2. The summed E-state index contributed by atoms with van der Waals surface area (Å²) in [7, 11) is 2.14. The number of nitrogens with one attached hydrogen (secondary N) is 1. The van der Waals surface area contributed by atoms with E-state index in [2.05, 4.69) is 32.1 Å². The van der Waals surface area contributed by atoms with Crippen molar-refractivity contribution in [3.05, 3.63) is 71.5 Å². The Hall–Kier alpha value is -2.96. The molecule has 0 saturated carbocycles. The maximum absolute atomic E-state index is 12.7. The van der Waals surface area contributed by atoms with E-state index in [9.17, 15) is 4.79 Å². The average molecular weight is 422 g/mol. The molecule has 2 aromatic heterocycles. The van der Waals surface area contributed by atoms with Crippen molar-refractivity contribution in [2.24, 2.45) is 0 Å². The van der Waals surface area contributed by atoms with E-state index in [1.54, 1.807) is 24.5 Å². The second-order valence-corrected chi connectivity index (χ2v) is 7.82. The van der Waals surface area contributed by atoms with Gasteiger partial charge in [0.15, 0.2) is 0 Å². The number of nitrogens with zero attached hydrogens (tertiary/aromatic N) is 4. The number of aromatic nitrogens is 2. The van der Waals surface area contributed by atoms with Crippen molar-refractivity contribution in [1.82, 2.24) is 14.9 Å². The topological polar surface area (TPSA) is 61.4 Å². The highest BCUT2D eigenvalue weighted by molar-refractivity contribution is 6.33. The first-order chi connectivity index (χ1) is 14.6. The Kier molecular flexibility index (Phi) is 6.26. The van der Waals surface area contributed by atoms with Gasteiger partial charge in [0.2, 0.25) is 0 Å². The van der Waals surface area contributed by atoms with Crippen molar-refractivity contribution >= 4 is 29.0 Å². The first-order valence-corrected chi connectivity index (χ1v) is 10.4. The zero-order valence-electron chi connectivity index (χ0n) is 16.9. The summed E-state index contributed by atoms with van der Waals surface area (Å²) in [6, 6.07) is 14.8. The van der Waals surface area contributed by atoms with Crippen LogP contribution in [0.15, 0.2) is 60.9 Å². The van der Waals surface area contributed by atoms with E-state index >= 15 is 0 Å². The summed E-state index contributed by atoms with van der Waals surface area (Å²) in [5.41, 5.74) is 2.70. The predicted octanol–water partition coefficient (Wildman–Crippen LogP) is 4.19. The van der Waals surface area contributed by atoms with Gasteiger partial charge in [-0.25, -0.2) is 4.98 Å². The van der Waals surface area contributed by atoms with Crippen molar-refractivity contribution in [2.75, 3.05) is 43.4 Å². The van der Waals surface area contributed by atoms with E-state index < -0.39 is 0 Å². The van der Waals surface area contributed by atoms with Crippen LogP contribution in [0.4, 0.5) is 11.5 Å². The molecule has 1 amide bonds. The molecule has 1 fully saturated rings. The molecule has 3 heterocycles. The molecule has 0 spiro atoms. The van der Waals surface area contributed by atoms with Gasteiger partial charge in [0, 0.05) is 43.3 Å². The Morgan fingerprint density at radius 3 is 2.70 bits per heavy atom. The standard InChI is InChI=1S/C23H24ClN5O/c1-28-11-4-12-29(14-13-28)22-9-6-17(16-26-22)23(30)27-18-7-8-20(24)19(15-18)21-5-2-3-10-25-21/h2-3,5-10,15-16H,4,11-14H2,1H3,(H,27,30). The fraction of sp³-hybridized carbons (Fsp3) is 0.261. The van der Waals surface area contributed by atoms with Crippen molar-refractivity contribution < 1.29 is 4.79 Å². The van der Waals surface area contributed by atoms with Crippen LogP contribution >= 0.6 is 11.6 Å². The van der Waals surface area contributed by atoms with Crippen LogP contribution in [-0.4, -0.2) is 54.0 Å². The third-order valence-corrected chi connectivity index (χ3v) is 5.55. The van der Waals surface area contributed by atoms with Crippen LogP contribution in [0.3, 0.4) is 0 Å². The number of benzene rings is 1. The van der Waals surface area contributed by atoms with Gasteiger partial charge in [-0.1, -0.05) is 17.7 Å². The molecule has 6 nitrogen and oxygen atoms in total.